The number of nitrogens with zero attached hydrogens (tertiary/aromatic N) is 4. The summed E-state index contributed by atoms with van der Waals surface area (Å²) < 4.78 is 50.2. The lowest BCUT2D eigenvalue weighted by Crippen LogP contribution is -2.49. The Bertz CT molecular complexity index is 2020. The van der Waals surface area contributed by atoms with E-state index in [1.807, 2.05) is 44.1 Å². The highest BCUT2D eigenvalue weighted by molar-refractivity contribution is 6.32. The molecule has 3 aromatic rings. The zero-order chi connectivity index (χ0) is 39.8. The van der Waals surface area contributed by atoms with Crippen LogP contribution in [0.2, 0.25) is 5.02 Å². The summed E-state index contributed by atoms with van der Waals surface area (Å²) in [5.74, 6) is -0.573. The van der Waals surface area contributed by atoms with Gasteiger partial charge in [-0.3, -0.25) is 29.4 Å². The number of anilines is 2. The number of carbonyl (C=O) groups is 3. The minimum absolute atomic E-state index is 0.0159. The molecule has 3 aliphatic heterocycles. The molecule has 1 unspecified atom stereocenters. The molecule has 0 aliphatic carbocycles. The van der Waals surface area contributed by atoms with Gasteiger partial charge < -0.3 is 24.4 Å². The van der Waals surface area contributed by atoms with Gasteiger partial charge >= 0.3 is 6.18 Å². The molecule has 0 radical (unpaired) electrons. The normalized spacial score (nSPS) is 19.0. The van der Waals surface area contributed by atoms with Crippen LogP contribution < -0.4 is 25.8 Å². The molecule has 2 aromatic carbocycles. The SMILES string of the molecule is COc1cc(-c2cn(C)c(=O)c(C)c2C)cc(Cl)c1CN1CCC(N(C)C(=O)C2CCN(c3ccc(NC4CCC(=O)NC4=O)cc3C(F)(F)F)CC2)CC1. The molecule has 15 heteroatoms. The lowest BCUT2D eigenvalue weighted by Gasteiger charge is -2.40. The maximum atomic E-state index is 14.3. The number of aryl methyl sites for hydroxylation is 1. The summed E-state index contributed by atoms with van der Waals surface area (Å²) in [6.07, 6.45) is -0.114. The molecule has 0 bridgehead atoms. The quantitative estimate of drug-likeness (QED) is 0.258. The van der Waals surface area contributed by atoms with E-state index in [4.69, 9.17) is 16.3 Å². The Labute approximate surface area is 323 Å². The topological polar surface area (TPSA) is 116 Å². The van der Waals surface area contributed by atoms with Gasteiger partial charge in [0.1, 0.15) is 11.8 Å². The van der Waals surface area contributed by atoms with Crippen molar-refractivity contribution in [2.45, 2.75) is 77.2 Å². The van der Waals surface area contributed by atoms with Gasteiger partial charge in [-0.15, -0.1) is 0 Å². The molecule has 3 fully saturated rings. The number of piperidine rings is 3. The van der Waals surface area contributed by atoms with Crippen LogP contribution in [0, 0.1) is 19.8 Å². The minimum Gasteiger partial charge on any atom is -0.496 e. The van der Waals surface area contributed by atoms with Gasteiger partial charge in [0.25, 0.3) is 5.56 Å². The number of hydrogen-bond acceptors (Lipinski definition) is 8. The molecule has 0 spiro atoms. The van der Waals surface area contributed by atoms with Gasteiger partial charge in [-0.1, -0.05) is 11.6 Å². The summed E-state index contributed by atoms with van der Waals surface area (Å²) >= 11 is 6.87. The van der Waals surface area contributed by atoms with Crippen LogP contribution in [0.1, 0.15) is 60.8 Å². The number of nitrogens with one attached hydrogen (secondary N) is 2. The number of hydrogen-bond donors (Lipinski definition) is 2. The Morgan fingerprint density at radius 1 is 1.00 bits per heavy atom. The van der Waals surface area contributed by atoms with Gasteiger partial charge in [0, 0.05) is 104 Å². The minimum atomic E-state index is -4.64. The summed E-state index contributed by atoms with van der Waals surface area (Å²) in [5.41, 5.74) is 3.55. The van der Waals surface area contributed by atoms with Crippen LogP contribution in [-0.2, 0) is 34.2 Å². The van der Waals surface area contributed by atoms with Crippen LogP contribution in [-0.4, -0.2) is 84.5 Å². The Morgan fingerprint density at radius 3 is 2.33 bits per heavy atom. The second-order valence-corrected chi connectivity index (χ2v) is 15.4. The summed E-state index contributed by atoms with van der Waals surface area (Å²) in [6.45, 7) is 6.41. The molecule has 2 N–H and O–H groups in total. The van der Waals surface area contributed by atoms with Crippen molar-refractivity contribution in [2.75, 3.05) is 50.6 Å². The van der Waals surface area contributed by atoms with Crippen LogP contribution in [0.3, 0.4) is 0 Å². The van der Waals surface area contributed by atoms with Crippen LogP contribution in [0.4, 0.5) is 24.5 Å². The van der Waals surface area contributed by atoms with Gasteiger partial charge in [0.05, 0.1) is 12.7 Å². The van der Waals surface area contributed by atoms with E-state index < -0.39 is 29.6 Å². The number of pyridine rings is 1. The highest BCUT2D eigenvalue weighted by Gasteiger charge is 2.38. The van der Waals surface area contributed by atoms with Crippen LogP contribution in [0.15, 0.2) is 41.3 Å². The van der Waals surface area contributed by atoms with Gasteiger partial charge in [-0.05, 0) is 87.4 Å². The largest absolute Gasteiger partial charge is 0.496 e. The van der Waals surface area contributed by atoms with E-state index in [0.717, 1.165) is 54.3 Å². The maximum absolute atomic E-state index is 14.3. The molecule has 11 nitrogen and oxygen atoms in total. The molecule has 4 heterocycles. The van der Waals surface area contributed by atoms with E-state index in [-0.39, 0.29) is 47.6 Å². The molecule has 3 saturated heterocycles. The second kappa shape index (κ2) is 16.3. The van der Waals surface area contributed by atoms with Crippen LogP contribution >= 0.6 is 11.6 Å². The monoisotopic (exact) mass is 784 g/mol. The van der Waals surface area contributed by atoms with E-state index >= 15 is 0 Å². The van der Waals surface area contributed by atoms with Crippen LogP contribution in [0.25, 0.3) is 11.1 Å². The molecule has 1 atom stereocenters. The Kier molecular flexibility index (Phi) is 11.9. The van der Waals surface area contributed by atoms with Crippen molar-refractivity contribution in [1.29, 1.82) is 0 Å². The summed E-state index contributed by atoms with van der Waals surface area (Å²) in [7, 11) is 5.17. The predicted octanol–water partition coefficient (Wildman–Crippen LogP) is 5.91. The smallest absolute Gasteiger partial charge is 0.418 e. The van der Waals surface area contributed by atoms with Crippen molar-refractivity contribution >= 4 is 40.7 Å². The average molecular weight is 785 g/mol. The molecule has 1 aromatic heterocycles. The zero-order valence-corrected chi connectivity index (χ0v) is 32.6. The molecule has 296 valence electrons. The first-order chi connectivity index (χ1) is 26.0. The highest BCUT2D eigenvalue weighted by atomic mass is 35.5. The van der Waals surface area contributed by atoms with Crippen molar-refractivity contribution in [2.24, 2.45) is 13.0 Å². The number of alkyl halides is 3. The number of rotatable bonds is 9. The number of methoxy groups -OCH3 is 1. The molecule has 0 saturated carbocycles. The third-order valence-electron chi connectivity index (χ3n) is 11.5. The number of carbonyl (C=O) groups excluding carboxylic acids is 3. The summed E-state index contributed by atoms with van der Waals surface area (Å²) in [5, 5.41) is 5.62. The Morgan fingerprint density at radius 2 is 1.69 bits per heavy atom. The lowest BCUT2D eigenvalue weighted by molar-refractivity contribution is -0.139. The number of imide groups is 1. The fraction of sp³-hybridized carbons (Fsp3) is 0.500. The number of amides is 3. The van der Waals surface area contributed by atoms with Crippen LogP contribution in [0.5, 0.6) is 5.75 Å². The third-order valence-corrected chi connectivity index (χ3v) is 11.9. The van der Waals surface area contributed by atoms with E-state index in [1.165, 1.54) is 12.1 Å². The van der Waals surface area contributed by atoms with Crippen molar-refractivity contribution in [3.05, 3.63) is 74.2 Å². The molecule has 55 heavy (non-hydrogen) atoms. The Balaban J connectivity index is 1.04. The van der Waals surface area contributed by atoms with Gasteiger partial charge in [0.15, 0.2) is 0 Å². The fourth-order valence-electron chi connectivity index (χ4n) is 8.05. The van der Waals surface area contributed by atoms with Gasteiger partial charge in [-0.2, -0.15) is 13.2 Å². The van der Waals surface area contributed by atoms with Gasteiger partial charge in [-0.25, -0.2) is 0 Å². The Hall–Kier alpha value is -4.56. The van der Waals surface area contributed by atoms with E-state index in [1.54, 1.807) is 23.6 Å². The molecule has 6 rings (SSSR count). The standard InChI is InChI=1S/C40H48ClF3N6O5/c1-23-24(2)38(53)47(3)21-29(23)26-18-32(41)30(35(19-26)55-5)22-49-14-12-28(13-15-49)48(4)39(54)25-10-16-50(17-11-25)34-8-6-27(20-31(34)40(42,43)44)45-33-7-9-36(51)46-37(33)52/h6,8,18-21,25,28,33,45H,7,9-17,22H2,1-5H3,(H,46,51,52). The molecule has 3 amide bonds. The first-order valence-electron chi connectivity index (χ1n) is 18.6. The van der Waals surface area contributed by atoms with Crippen molar-refractivity contribution in [3.63, 3.8) is 0 Å². The number of benzene rings is 2. The number of likely N-dealkylation sites (tertiary alicyclic amines) is 1. The fourth-order valence-corrected chi connectivity index (χ4v) is 8.32. The first-order valence-corrected chi connectivity index (χ1v) is 19.0. The van der Waals surface area contributed by atoms with Gasteiger partial charge in [0.2, 0.25) is 17.7 Å². The van der Waals surface area contributed by atoms with E-state index in [2.05, 4.69) is 15.5 Å². The maximum Gasteiger partial charge on any atom is 0.418 e. The van der Waals surface area contributed by atoms with Crippen molar-refractivity contribution in [1.82, 2.24) is 19.7 Å². The molecular formula is C40H48ClF3N6O5. The second-order valence-electron chi connectivity index (χ2n) is 14.9. The van der Waals surface area contributed by atoms with Crippen molar-refractivity contribution in [3.8, 4) is 16.9 Å². The number of aromatic nitrogens is 1. The average Bonchev–Trinajstić information content (AvgIpc) is 3.16. The molecule has 3 aliphatic rings. The summed E-state index contributed by atoms with van der Waals surface area (Å²) in [4.78, 5) is 55.5. The third kappa shape index (κ3) is 8.65. The number of halogens is 4. The zero-order valence-electron chi connectivity index (χ0n) is 31.8. The number of ether oxygens (including phenoxy) is 1. The van der Waals surface area contributed by atoms with Crippen molar-refractivity contribution < 1.29 is 32.3 Å². The summed E-state index contributed by atoms with van der Waals surface area (Å²) in [6, 6.07) is 7.04. The van der Waals surface area contributed by atoms with E-state index in [9.17, 15) is 32.3 Å². The predicted molar refractivity (Wildman–Crippen MR) is 205 cm³/mol. The molecular weight excluding hydrogens is 737 g/mol. The highest BCUT2D eigenvalue weighted by Crippen LogP contribution is 2.40. The lowest BCUT2D eigenvalue weighted by atomic mass is 9.92. The first kappa shape index (κ1) is 40.1. The van der Waals surface area contributed by atoms with E-state index in [0.29, 0.717) is 48.8 Å².